The second-order valence-electron chi connectivity index (χ2n) is 6.27. The first-order chi connectivity index (χ1) is 12.4. The van der Waals surface area contributed by atoms with Gasteiger partial charge in [-0.2, -0.15) is 0 Å². The summed E-state index contributed by atoms with van der Waals surface area (Å²) >= 11 is 0. The number of benzene rings is 1. The Labute approximate surface area is 151 Å². The van der Waals surface area contributed by atoms with Crippen molar-refractivity contribution in [2.24, 2.45) is 0 Å². The fraction of sp³-hybridized carbons (Fsp3) is 0.316. The van der Waals surface area contributed by atoms with E-state index in [9.17, 15) is 14.4 Å². The molecule has 0 radical (unpaired) electrons. The van der Waals surface area contributed by atoms with Crippen molar-refractivity contribution < 1.29 is 18.8 Å². The molecule has 1 saturated heterocycles. The van der Waals surface area contributed by atoms with E-state index in [2.05, 4.69) is 10.6 Å². The molecular formula is C19H21N3O4. The van der Waals surface area contributed by atoms with Gasteiger partial charge >= 0.3 is 11.8 Å². The van der Waals surface area contributed by atoms with Crippen LogP contribution < -0.4 is 15.5 Å². The highest BCUT2D eigenvalue weighted by atomic mass is 16.3. The summed E-state index contributed by atoms with van der Waals surface area (Å²) in [5, 5.41) is 5.14. The molecule has 0 aliphatic carbocycles. The van der Waals surface area contributed by atoms with Gasteiger partial charge in [0.15, 0.2) is 0 Å². The number of aryl methyl sites for hydroxylation is 2. The first-order valence-electron chi connectivity index (χ1n) is 8.49. The number of nitrogens with zero attached hydrogens (tertiary/aromatic N) is 1. The van der Waals surface area contributed by atoms with Crippen molar-refractivity contribution in [3.63, 3.8) is 0 Å². The molecule has 7 heteroatoms. The molecule has 0 spiro atoms. The van der Waals surface area contributed by atoms with E-state index in [-0.39, 0.29) is 12.5 Å². The minimum Gasteiger partial charge on any atom is -0.466 e. The number of anilines is 2. The van der Waals surface area contributed by atoms with Crippen LogP contribution in [0.15, 0.2) is 34.7 Å². The highest BCUT2D eigenvalue weighted by molar-refractivity contribution is 6.39. The van der Waals surface area contributed by atoms with Crippen LogP contribution in [0.25, 0.3) is 0 Å². The molecule has 7 nitrogen and oxygen atoms in total. The fourth-order valence-corrected chi connectivity index (χ4v) is 2.98. The van der Waals surface area contributed by atoms with E-state index in [0.717, 1.165) is 23.4 Å². The SMILES string of the molecule is Cc1cc(CNC(=O)C(=O)Nc2cccc(N3CCCC3=O)c2)c(C)o1. The number of furan rings is 1. The number of rotatable bonds is 4. The lowest BCUT2D eigenvalue weighted by molar-refractivity contribution is -0.136. The molecule has 1 aromatic carbocycles. The molecule has 26 heavy (non-hydrogen) atoms. The van der Waals surface area contributed by atoms with Gasteiger partial charge < -0.3 is 20.0 Å². The second kappa shape index (κ2) is 7.43. The monoisotopic (exact) mass is 355 g/mol. The van der Waals surface area contributed by atoms with Crippen LogP contribution in [0.5, 0.6) is 0 Å². The summed E-state index contributed by atoms with van der Waals surface area (Å²) in [4.78, 5) is 37.6. The quantitative estimate of drug-likeness (QED) is 0.823. The average molecular weight is 355 g/mol. The molecule has 2 N–H and O–H groups in total. The maximum Gasteiger partial charge on any atom is 0.313 e. The van der Waals surface area contributed by atoms with Crippen molar-refractivity contribution in [3.8, 4) is 0 Å². The van der Waals surface area contributed by atoms with Gasteiger partial charge in [0, 0.05) is 36.4 Å². The lowest BCUT2D eigenvalue weighted by atomic mass is 10.2. The molecule has 0 atom stereocenters. The zero-order valence-electron chi connectivity index (χ0n) is 14.8. The summed E-state index contributed by atoms with van der Waals surface area (Å²) in [5.41, 5.74) is 2.02. The Morgan fingerprint density at radius 1 is 1.19 bits per heavy atom. The molecule has 1 fully saturated rings. The first-order valence-corrected chi connectivity index (χ1v) is 8.49. The molecule has 3 rings (SSSR count). The van der Waals surface area contributed by atoms with Gasteiger partial charge in [-0.15, -0.1) is 0 Å². The van der Waals surface area contributed by atoms with Gasteiger partial charge in [0.25, 0.3) is 0 Å². The van der Waals surface area contributed by atoms with Crippen LogP contribution in [0.4, 0.5) is 11.4 Å². The van der Waals surface area contributed by atoms with Crippen LogP contribution in [-0.4, -0.2) is 24.3 Å². The lowest BCUT2D eigenvalue weighted by Gasteiger charge is -2.16. The van der Waals surface area contributed by atoms with Crippen molar-refractivity contribution in [3.05, 3.63) is 47.4 Å². The predicted octanol–water partition coefficient (Wildman–Crippen LogP) is 2.28. The molecule has 2 heterocycles. The summed E-state index contributed by atoms with van der Waals surface area (Å²) in [6, 6.07) is 8.75. The molecule has 2 aromatic rings. The highest BCUT2D eigenvalue weighted by Crippen LogP contribution is 2.24. The molecule has 136 valence electrons. The molecule has 1 aliphatic heterocycles. The maximum atomic E-state index is 12.1. The Morgan fingerprint density at radius 2 is 2.00 bits per heavy atom. The van der Waals surface area contributed by atoms with E-state index < -0.39 is 11.8 Å². The van der Waals surface area contributed by atoms with Crippen LogP contribution in [0.1, 0.15) is 29.9 Å². The molecule has 0 bridgehead atoms. The van der Waals surface area contributed by atoms with Crippen LogP contribution in [0.3, 0.4) is 0 Å². The second-order valence-corrected chi connectivity index (χ2v) is 6.27. The summed E-state index contributed by atoms with van der Waals surface area (Å²) in [6.45, 7) is 4.51. The molecule has 1 aliphatic rings. The standard InChI is InChI=1S/C19H21N3O4/c1-12-9-14(13(2)26-12)11-20-18(24)19(25)21-15-5-3-6-16(10-15)22-8-4-7-17(22)23/h3,5-6,9-10H,4,7-8,11H2,1-2H3,(H,20,24)(H,21,25). The lowest BCUT2D eigenvalue weighted by Crippen LogP contribution is -2.35. The Hall–Kier alpha value is -3.09. The predicted molar refractivity (Wildman–Crippen MR) is 96.7 cm³/mol. The van der Waals surface area contributed by atoms with Gasteiger partial charge in [-0.1, -0.05) is 6.07 Å². The Bertz CT molecular complexity index is 856. The van der Waals surface area contributed by atoms with Gasteiger partial charge in [0.05, 0.1) is 0 Å². The van der Waals surface area contributed by atoms with Gasteiger partial charge in [-0.05, 0) is 44.5 Å². The molecule has 1 aromatic heterocycles. The highest BCUT2D eigenvalue weighted by Gasteiger charge is 2.22. The zero-order chi connectivity index (χ0) is 18.7. The Balaban J connectivity index is 1.59. The van der Waals surface area contributed by atoms with Gasteiger partial charge in [-0.3, -0.25) is 14.4 Å². The minimum atomic E-state index is -0.757. The summed E-state index contributed by atoms with van der Waals surface area (Å²) < 4.78 is 5.39. The third-order valence-corrected chi connectivity index (χ3v) is 4.28. The summed E-state index contributed by atoms with van der Waals surface area (Å²) in [5.74, 6) is 0.0475. The Kier molecular flexibility index (Phi) is 5.06. The van der Waals surface area contributed by atoms with Crippen molar-refractivity contribution in [2.45, 2.75) is 33.2 Å². The number of carbonyl (C=O) groups excluding carboxylic acids is 3. The molecule has 0 saturated carbocycles. The fourth-order valence-electron chi connectivity index (χ4n) is 2.98. The van der Waals surface area contributed by atoms with E-state index >= 15 is 0 Å². The molecular weight excluding hydrogens is 334 g/mol. The maximum absolute atomic E-state index is 12.1. The molecule has 3 amide bonds. The van der Waals surface area contributed by atoms with Gasteiger partial charge in [0.2, 0.25) is 5.91 Å². The van der Waals surface area contributed by atoms with Crippen molar-refractivity contribution in [1.82, 2.24) is 5.32 Å². The largest absolute Gasteiger partial charge is 0.466 e. The average Bonchev–Trinajstić information content (AvgIpc) is 3.17. The van der Waals surface area contributed by atoms with Crippen LogP contribution in [0, 0.1) is 13.8 Å². The number of hydrogen-bond acceptors (Lipinski definition) is 4. The third-order valence-electron chi connectivity index (χ3n) is 4.28. The van der Waals surface area contributed by atoms with Crippen molar-refractivity contribution >= 4 is 29.1 Å². The Morgan fingerprint density at radius 3 is 2.65 bits per heavy atom. The van der Waals surface area contributed by atoms with Crippen LogP contribution >= 0.6 is 0 Å². The number of carbonyl (C=O) groups is 3. The number of hydrogen-bond donors (Lipinski definition) is 2. The van der Waals surface area contributed by atoms with Crippen molar-refractivity contribution in [1.29, 1.82) is 0 Å². The number of nitrogens with one attached hydrogen (secondary N) is 2. The normalized spacial score (nSPS) is 13.8. The zero-order valence-corrected chi connectivity index (χ0v) is 14.8. The summed E-state index contributed by atoms with van der Waals surface area (Å²) in [6.07, 6.45) is 1.36. The molecule has 0 unspecified atom stereocenters. The van der Waals surface area contributed by atoms with Crippen LogP contribution in [0.2, 0.25) is 0 Å². The number of amides is 3. The van der Waals surface area contributed by atoms with Gasteiger partial charge in [0.1, 0.15) is 11.5 Å². The van der Waals surface area contributed by atoms with Gasteiger partial charge in [-0.25, -0.2) is 0 Å². The van der Waals surface area contributed by atoms with E-state index in [1.54, 1.807) is 30.0 Å². The van der Waals surface area contributed by atoms with E-state index in [1.165, 1.54) is 0 Å². The summed E-state index contributed by atoms with van der Waals surface area (Å²) in [7, 11) is 0. The van der Waals surface area contributed by atoms with E-state index in [4.69, 9.17) is 4.42 Å². The first kappa shape index (κ1) is 17.7. The van der Waals surface area contributed by atoms with E-state index in [1.807, 2.05) is 19.1 Å². The topological polar surface area (TPSA) is 91.7 Å². The van der Waals surface area contributed by atoms with Crippen LogP contribution in [-0.2, 0) is 20.9 Å². The smallest absolute Gasteiger partial charge is 0.313 e. The minimum absolute atomic E-state index is 0.0667. The van der Waals surface area contributed by atoms with E-state index in [0.29, 0.717) is 24.4 Å². The van der Waals surface area contributed by atoms with Crippen molar-refractivity contribution in [2.75, 3.05) is 16.8 Å². The third kappa shape index (κ3) is 3.93.